The van der Waals surface area contributed by atoms with Gasteiger partial charge in [-0.2, -0.15) is 5.10 Å². The largest absolute Gasteiger partial charge is 0.358 e. The van der Waals surface area contributed by atoms with Crippen LogP contribution in [0.15, 0.2) is 53.7 Å². The SMILES string of the molecule is Cc1[nH]c(/C=C2/C(=O)NN=C2c2cnccn2)c(-c2ccccn2)c1CCN. The molecular weight excluding hydrogens is 354 g/mol. The van der Waals surface area contributed by atoms with Gasteiger partial charge >= 0.3 is 0 Å². The third-order valence-corrected chi connectivity index (χ3v) is 4.52. The van der Waals surface area contributed by atoms with Gasteiger partial charge in [0.2, 0.25) is 0 Å². The smallest absolute Gasteiger partial charge is 0.273 e. The van der Waals surface area contributed by atoms with Gasteiger partial charge in [-0.15, -0.1) is 0 Å². The summed E-state index contributed by atoms with van der Waals surface area (Å²) in [5.74, 6) is -0.291. The molecule has 8 heteroatoms. The average Bonchev–Trinajstić information content (AvgIpc) is 3.24. The first-order valence-electron chi connectivity index (χ1n) is 8.88. The summed E-state index contributed by atoms with van der Waals surface area (Å²) in [5, 5.41) is 4.13. The van der Waals surface area contributed by atoms with Gasteiger partial charge in [0, 0.05) is 35.5 Å². The summed E-state index contributed by atoms with van der Waals surface area (Å²) in [6, 6.07) is 5.74. The number of nitrogens with two attached hydrogens (primary N) is 1. The molecule has 0 aromatic carbocycles. The number of aryl methyl sites for hydroxylation is 1. The second-order valence-corrected chi connectivity index (χ2v) is 6.32. The van der Waals surface area contributed by atoms with E-state index in [-0.39, 0.29) is 5.91 Å². The molecule has 0 fully saturated rings. The van der Waals surface area contributed by atoms with Crippen LogP contribution in [0.25, 0.3) is 17.3 Å². The Balaban J connectivity index is 1.86. The van der Waals surface area contributed by atoms with Crippen LogP contribution < -0.4 is 11.2 Å². The molecule has 0 aliphatic carbocycles. The fourth-order valence-electron chi connectivity index (χ4n) is 3.29. The number of rotatable bonds is 5. The molecule has 4 heterocycles. The number of nitrogens with one attached hydrogen (secondary N) is 2. The minimum Gasteiger partial charge on any atom is -0.358 e. The molecule has 1 aliphatic rings. The minimum atomic E-state index is -0.291. The van der Waals surface area contributed by atoms with Crippen LogP contribution in [-0.2, 0) is 11.2 Å². The number of aromatic nitrogens is 4. The molecule has 0 atom stereocenters. The molecule has 0 radical (unpaired) electrons. The van der Waals surface area contributed by atoms with Gasteiger partial charge in [0.15, 0.2) is 0 Å². The van der Waals surface area contributed by atoms with Gasteiger partial charge in [-0.25, -0.2) is 5.43 Å². The monoisotopic (exact) mass is 373 g/mol. The second kappa shape index (κ2) is 7.53. The number of pyridine rings is 1. The van der Waals surface area contributed by atoms with Crippen LogP contribution in [0.3, 0.4) is 0 Å². The Labute approximate surface area is 161 Å². The van der Waals surface area contributed by atoms with E-state index in [1.165, 1.54) is 0 Å². The first kappa shape index (κ1) is 17.7. The van der Waals surface area contributed by atoms with Crippen LogP contribution in [0.2, 0.25) is 0 Å². The quantitative estimate of drug-likeness (QED) is 0.586. The molecule has 28 heavy (non-hydrogen) atoms. The van der Waals surface area contributed by atoms with Crippen molar-refractivity contribution in [3.05, 3.63) is 71.2 Å². The van der Waals surface area contributed by atoms with Crippen molar-refractivity contribution in [2.24, 2.45) is 10.8 Å². The van der Waals surface area contributed by atoms with Gasteiger partial charge in [-0.1, -0.05) is 6.07 Å². The Morgan fingerprint density at radius 2 is 2.00 bits per heavy atom. The zero-order valence-electron chi connectivity index (χ0n) is 15.3. The van der Waals surface area contributed by atoms with E-state index in [1.54, 1.807) is 30.9 Å². The highest BCUT2D eigenvalue weighted by Gasteiger charge is 2.26. The molecule has 0 saturated heterocycles. The molecule has 4 rings (SSSR count). The van der Waals surface area contributed by atoms with Gasteiger partial charge in [-0.3, -0.25) is 19.7 Å². The highest BCUT2D eigenvalue weighted by atomic mass is 16.2. The van der Waals surface area contributed by atoms with Crippen molar-refractivity contribution < 1.29 is 4.79 Å². The standard InChI is InChI=1S/C20H19N7O/c1-12-13(5-6-21)18(15-4-2-3-7-23-15)16(25-12)10-14-19(26-27-20(14)28)17-11-22-8-9-24-17/h2-4,7-11,25H,5-6,21H2,1H3,(H,27,28)/b14-10+. The van der Waals surface area contributed by atoms with Crippen LogP contribution in [0.1, 0.15) is 22.6 Å². The summed E-state index contributed by atoms with van der Waals surface area (Å²) in [5.41, 5.74) is 14.3. The number of hydrazone groups is 1. The average molecular weight is 373 g/mol. The summed E-state index contributed by atoms with van der Waals surface area (Å²) < 4.78 is 0. The highest BCUT2D eigenvalue weighted by molar-refractivity contribution is 6.32. The van der Waals surface area contributed by atoms with E-state index >= 15 is 0 Å². The Morgan fingerprint density at radius 1 is 1.14 bits per heavy atom. The molecule has 4 N–H and O–H groups in total. The Bertz CT molecular complexity index is 1070. The lowest BCUT2D eigenvalue weighted by Crippen LogP contribution is -2.14. The van der Waals surface area contributed by atoms with Crippen LogP contribution in [-0.4, -0.2) is 38.1 Å². The summed E-state index contributed by atoms with van der Waals surface area (Å²) in [4.78, 5) is 28.6. The number of aromatic amines is 1. The van der Waals surface area contributed by atoms with Crippen molar-refractivity contribution in [2.45, 2.75) is 13.3 Å². The van der Waals surface area contributed by atoms with Crippen molar-refractivity contribution >= 4 is 17.7 Å². The van der Waals surface area contributed by atoms with E-state index in [2.05, 4.69) is 30.5 Å². The van der Waals surface area contributed by atoms with E-state index in [0.29, 0.717) is 29.9 Å². The highest BCUT2D eigenvalue weighted by Crippen LogP contribution is 2.31. The van der Waals surface area contributed by atoms with E-state index < -0.39 is 0 Å². The first-order valence-corrected chi connectivity index (χ1v) is 8.88. The first-order chi connectivity index (χ1) is 13.7. The lowest BCUT2D eigenvalue weighted by atomic mass is 9.99. The Morgan fingerprint density at radius 3 is 2.71 bits per heavy atom. The fourth-order valence-corrected chi connectivity index (χ4v) is 3.29. The predicted molar refractivity (Wildman–Crippen MR) is 106 cm³/mol. The molecule has 0 unspecified atom stereocenters. The van der Waals surface area contributed by atoms with Crippen molar-refractivity contribution in [2.75, 3.05) is 6.54 Å². The third-order valence-electron chi connectivity index (χ3n) is 4.52. The maximum atomic E-state index is 12.4. The number of carbonyl (C=O) groups is 1. The molecule has 3 aromatic heterocycles. The van der Waals surface area contributed by atoms with Gasteiger partial charge in [0.25, 0.3) is 5.91 Å². The predicted octanol–water partition coefficient (Wildman–Crippen LogP) is 1.59. The van der Waals surface area contributed by atoms with E-state index in [0.717, 1.165) is 28.2 Å². The van der Waals surface area contributed by atoms with Crippen LogP contribution in [0.4, 0.5) is 0 Å². The number of nitrogens with zero attached hydrogens (tertiary/aromatic N) is 4. The van der Waals surface area contributed by atoms with Crippen LogP contribution in [0, 0.1) is 6.92 Å². The number of H-pyrrole nitrogens is 1. The Kier molecular flexibility index (Phi) is 4.77. The minimum absolute atomic E-state index is 0.291. The van der Waals surface area contributed by atoms with Crippen molar-refractivity contribution in [3.63, 3.8) is 0 Å². The number of hydrogen-bond acceptors (Lipinski definition) is 6. The molecular formula is C20H19N7O. The molecule has 0 saturated carbocycles. The van der Waals surface area contributed by atoms with Crippen molar-refractivity contribution in [3.8, 4) is 11.3 Å². The molecule has 3 aromatic rings. The molecule has 0 spiro atoms. The molecule has 8 nitrogen and oxygen atoms in total. The molecule has 1 aliphatic heterocycles. The zero-order chi connectivity index (χ0) is 19.5. The maximum Gasteiger partial charge on any atom is 0.273 e. The fraction of sp³-hybridized carbons (Fsp3) is 0.150. The molecule has 1 amide bonds. The Hall–Kier alpha value is -3.65. The van der Waals surface area contributed by atoms with Crippen LogP contribution >= 0.6 is 0 Å². The third kappa shape index (κ3) is 3.21. The molecule has 140 valence electrons. The summed E-state index contributed by atoms with van der Waals surface area (Å²) >= 11 is 0. The summed E-state index contributed by atoms with van der Waals surface area (Å²) in [6.45, 7) is 2.51. The lowest BCUT2D eigenvalue weighted by molar-refractivity contribution is -0.116. The van der Waals surface area contributed by atoms with Crippen LogP contribution in [0.5, 0.6) is 0 Å². The number of hydrogen-bond donors (Lipinski definition) is 3. The number of amides is 1. The maximum absolute atomic E-state index is 12.4. The number of carbonyl (C=O) groups excluding carboxylic acids is 1. The van der Waals surface area contributed by atoms with Gasteiger partial charge in [0.1, 0.15) is 11.4 Å². The van der Waals surface area contributed by atoms with Gasteiger partial charge in [0.05, 0.1) is 17.5 Å². The normalized spacial score (nSPS) is 15.0. The van der Waals surface area contributed by atoms with Crippen molar-refractivity contribution in [1.29, 1.82) is 0 Å². The zero-order valence-corrected chi connectivity index (χ0v) is 15.3. The lowest BCUT2D eigenvalue weighted by Gasteiger charge is -2.06. The van der Waals surface area contributed by atoms with E-state index in [4.69, 9.17) is 5.73 Å². The van der Waals surface area contributed by atoms with E-state index in [1.807, 2.05) is 25.1 Å². The second-order valence-electron chi connectivity index (χ2n) is 6.32. The molecule has 0 bridgehead atoms. The summed E-state index contributed by atoms with van der Waals surface area (Å²) in [6.07, 6.45) is 8.95. The topological polar surface area (TPSA) is 122 Å². The van der Waals surface area contributed by atoms with Gasteiger partial charge in [-0.05, 0) is 43.7 Å². The summed E-state index contributed by atoms with van der Waals surface area (Å²) in [7, 11) is 0. The van der Waals surface area contributed by atoms with Gasteiger partial charge < -0.3 is 10.7 Å². The van der Waals surface area contributed by atoms with Crippen molar-refractivity contribution in [1.82, 2.24) is 25.4 Å². The van der Waals surface area contributed by atoms with E-state index in [9.17, 15) is 4.79 Å².